The Morgan fingerprint density at radius 1 is 1.19 bits per heavy atom. The molecule has 4 rings (SSSR count). The number of ether oxygens (including phenoxy) is 2. The van der Waals surface area contributed by atoms with Crippen LogP contribution < -0.4 is 15.0 Å². The lowest BCUT2D eigenvalue weighted by Gasteiger charge is -2.14. The van der Waals surface area contributed by atoms with Gasteiger partial charge in [-0.05, 0) is 19.2 Å². The number of pyridine rings is 1. The quantitative estimate of drug-likeness (QED) is 0.750. The molecule has 8 nitrogen and oxygen atoms in total. The van der Waals surface area contributed by atoms with Crippen LogP contribution in [0.5, 0.6) is 11.5 Å². The maximum atomic E-state index is 12.4. The van der Waals surface area contributed by atoms with Crippen LogP contribution in [0.1, 0.15) is 37.0 Å². The lowest BCUT2D eigenvalue weighted by atomic mass is 10.1. The summed E-state index contributed by atoms with van der Waals surface area (Å²) in [5.41, 5.74) is 1.26. The van der Waals surface area contributed by atoms with E-state index in [1.807, 2.05) is 37.9 Å². The van der Waals surface area contributed by atoms with E-state index in [9.17, 15) is 4.79 Å². The third-order valence-electron chi connectivity index (χ3n) is 4.24. The topological polar surface area (TPSA) is 93.5 Å². The van der Waals surface area contributed by atoms with Gasteiger partial charge in [-0.1, -0.05) is 19.0 Å². The molecular weight excluding hydrogens is 336 g/mol. The van der Waals surface area contributed by atoms with E-state index in [1.165, 1.54) is 0 Å². The van der Waals surface area contributed by atoms with Gasteiger partial charge in [0.15, 0.2) is 17.3 Å². The van der Waals surface area contributed by atoms with Crippen LogP contribution in [0, 0.1) is 0 Å². The van der Waals surface area contributed by atoms with Crippen molar-refractivity contribution in [3.63, 3.8) is 0 Å². The fourth-order valence-electron chi connectivity index (χ4n) is 2.91. The van der Waals surface area contributed by atoms with Gasteiger partial charge in [-0.15, -0.1) is 0 Å². The third-order valence-corrected chi connectivity index (χ3v) is 4.24. The molecule has 2 aromatic heterocycles. The average Bonchev–Trinajstić information content (AvgIpc) is 3.22. The minimum Gasteiger partial charge on any atom is -0.454 e. The summed E-state index contributed by atoms with van der Waals surface area (Å²) >= 11 is 0. The van der Waals surface area contributed by atoms with E-state index in [-0.39, 0.29) is 18.3 Å². The zero-order chi connectivity index (χ0) is 18.3. The van der Waals surface area contributed by atoms with Crippen molar-refractivity contribution in [2.75, 3.05) is 13.8 Å². The highest BCUT2D eigenvalue weighted by atomic mass is 16.7. The van der Waals surface area contributed by atoms with E-state index in [2.05, 4.69) is 15.1 Å². The number of H-pyrrole nitrogens is 1. The summed E-state index contributed by atoms with van der Waals surface area (Å²) in [5.74, 6) is 2.76. The molecule has 0 bridgehead atoms. The third kappa shape index (κ3) is 3.15. The summed E-state index contributed by atoms with van der Waals surface area (Å²) in [5, 5.41) is 4.89. The molecule has 0 atom stereocenters. The Morgan fingerprint density at radius 3 is 2.69 bits per heavy atom. The van der Waals surface area contributed by atoms with Crippen molar-refractivity contribution in [3.05, 3.63) is 45.8 Å². The highest BCUT2D eigenvalue weighted by Gasteiger charge is 2.16. The van der Waals surface area contributed by atoms with Gasteiger partial charge in [-0.3, -0.25) is 9.69 Å². The van der Waals surface area contributed by atoms with Crippen LogP contribution >= 0.6 is 0 Å². The maximum Gasteiger partial charge on any atom is 0.252 e. The lowest BCUT2D eigenvalue weighted by Crippen LogP contribution is -2.23. The van der Waals surface area contributed by atoms with Gasteiger partial charge >= 0.3 is 0 Å². The Hall–Kier alpha value is -2.87. The molecule has 136 valence electrons. The summed E-state index contributed by atoms with van der Waals surface area (Å²) in [4.78, 5) is 21.7. The Kier molecular flexibility index (Phi) is 4.12. The van der Waals surface area contributed by atoms with E-state index in [4.69, 9.17) is 14.0 Å². The van der Waals surface area contributed by atoms with E-state index < -0.39 is 0 Å². The molecule has 1 aromatic carbocycles. The molecule has 1 aliphatic heterocycles. The predicted octanol–water partition coefficient (Wildman–Crippen LogP) is 2.40. The first-order chi connectivity index (χ1) is 12.5. The van der Waals surface area contributed by atoms with Crippen molar-refractivity contribution >= 4 is 10.9 Å². The summed E-state index contributed by atoms with van der Waals surface area (Å²) in [6.45, 7) is 5.16. The number of nitrogens with one attached hydrogen (secondary N) is 1. The molecule has 8 heteroatoms. The van der Waals surface area contributed by atoms with E-state index in [1.54, 1.807) is 6.07 Å². The number of rotatable bonds is 5. The number of nitrogens with zero attached hydrogens (tertiary/aromatic N) is 3. The second kappa shape index (κ2) is 6.45. The Balaban J connectivity index is 1.55. The van der Waals surface area contributed by atoms with Gasteiger partial charge in [0, 0.05) is 29.5 Å². The fraction of sp³-hybridized carbons (Fsp3) is 0.389. The van der Waals surface area contributed by atoms with Crippen molar-refractivity contribution in [2.24, 2.45) is 0 Å². The Morgan fingerprint density at radius 2 is 1.96 bits per heavy atom. The van der Waals surface area contributed by atoms with Crippen molar-refractivity contribution in [2.45, 2.75) is 32.9 Å². The van der Waals surface area contributed by atoms with Crippen LogP contribution in [0.3, 0.4) is 0 Å². The maximum absolute atomic E-state index is 12.4. The van der Waals surface area contributed by atoms with Gasteiger partial charge in [-0.25, -0.2) is 0 Å². The minimum absolute atomic E-state index is 0.126. The number of hydrogen-bond acceptors (Lipinski definition) is 7. The first-order valence-electron chi connectivity index (χ1n) is 8.46. The molecule has 1 N–H and O–H groups in total. The zero-order valence-electron chi connectivity index (χ0n) is 14.9. The summed E-state index contributed by atoms with van der Waals surface area (Å²) in [7, 11) is 1.91. The van der Waals surface area contributed by atoms with Gasteiger partial charge in [0.25, 0.3) is 5.56 Å². The molecule has 0 radical (unpaired) electrons. The molecule has 3 heterocycles. The molecule has 0 saturated carbocycles. The van der Waals surface area contributed by atoms with Crippen LogP contribution in [-0.2, 0) is 13.1 Å². The number of aromatic amines is 1. The van der Waals surface area contributed by atoms with Crippen LogP contribution in [-0.4, -0.2) is 33.9 Å². The van der Waals surface area contributed by atoms with E-state index in [0.717, 1.165) is 10.9 Å². The smallest absolute Gasteiger partial charge is 0.252 e. The first kappa shape index (κ1) is 16.6. The van der Waals surface area contributed by atoms with Gasteiger partial charge in [0.2, 0.25) is 12.7 Å². The van der Waals surface area contributed by atoms with Crippen molar-refractivity contribution < 1.29 is 14.0 Å². The highest BCUT2D eigenvalue weighted by molar-refractivity contribution is 5.83. The molecule has 0 amide bonds. The van der Waals surface area contributed by atoms with Crippen LogP contribution in [0.25, 0.3) is 10.9 Å². The van der Waals surface area contributed by atoms with E-state index >= 15 is 0 Å². The van der Waals surface area contributed by atoms with Crippen LogP contribution in [0.2, 0.25) is 0 Å². The molecule has 0 aliphatic carbocycles. The number of aromatic nitrogens is 3. The standard InChI is InChI=1S/C18H20N4O4/c1-10(2)18-20-16(21-26-18)8-22(3)7-12-4-11-5-14-15(25-9-24-14)6-13(11)19-17(12)23/h4-6,10H,7-9H2,1-3H3,(H,19,23). The summed E-state index contributed by atoms with van der Waals surface area (Å²) < 4.78 is 16.0. The fourth-order valence-corrected chi connectivity index (χ4v) is 2.91. The Labute approximate surface area is 149 Å². The zero-order valence-corrected chi connectivity index (χ0v) is 14.9. The summed E-state index contributed by atoms with van der Waals surface area (Å²) in [6.07, 6.45) is 0. The molecular formula is C18H20N4O4. The second-order valence-electron chi connectivity index (χ2n) is 6.79. The minimum atomic E-state index is -0.126. The number of fused-ring (bicyclic) bond motifs is 2. The highest BCUT2D eigenvalue weighted by Crippen LogP contribution is 2.35. The van der Waals surface area contributed by atoms with Gasteiger partial charge in [0.1, 0.15) is 0 Å². The van der Waals surface area contributed by atoms with Gasteiger partial charge in [0.05, 0.1) is 12.1 Å². The molecule has 26 heavy (non-hydrogen) atoms. The molecule has 1 aliphatic rings. The molecule has 0 fully saturated rings. The van der Waals surface area contributed by atoms with Crippen LogP contribution in [0.15, 0.2) is 27.5 Å². The van der Waals surface area contributed by atoms with Crippen molar-refractivity contribution in [3.8, 4) is 11.5 Å². The number of hydrogen-bond donors (Lipinski definition) is 1. The molecule has 0 spiro atoms. The van der Waals surface area contributed by atoms with Crippen molar-refractivity contribution in [1.29, 1.82) is 0 Å². The monoisotopic (exact) mass is 356 g/mol. The van der Waals surface area contributed by atoms with E-state index in [0.29, 0.717) is 41.9 Å². The van der Waals surface area contributed by atoms with Crippen molar-refractivity contribution in [1.82, 2.24) is 20.0 Å². The van der Waals surface area contributed by atoms with Crippen LogP contribution in [0.4, 0.5) is 0 Å². The SMILES string of the molecule is CC(C)c1nc(CN(C)Cc2cc3cc4c(cc3[nH]c2=O)OCO4)no1. The predicted molar refractivity (Wildman–Crippen MR) is 94.2 cm³/mol. The largest absolute Gasteiger partial charge is 0.454 e. The first-order valence-corrected chi connectivity index (χ1v) is 8.46. The number of benzene rings is 1. The molecule has 3 aromatic rings. The summed E-state index contributed by atoms with van der Waals surface area (Å²) in [6, 6.07) is 5.55. The van der Waals surface area contributed by atoms with Gasteiger partial charge in [-0.2, -0.15) is 4.98 Å². The molecule has 0 unspecified atom stereocenters. The lowest BCUT2D eigenvalue weighted by molar-refractivity contribution is 0.174. The van der Waals surface area contributed by atoms with Gasteiger partial charge < -0.3 is 19.0 Å². The normalized spacial score (nSPS) is 13.3. The molecule has 0 saturated heterocycles. The second-order valence-corrected chi connectivity index (χ2v) is 6.79. The Bertz CT molecular complexity index is 1010. The average molecular weight is 356 g/mol.